The van der Waals surface area contributed by atoms with Crippen molar-refractivity contribution in [2.24, 2.45) is 0 Å². The Morgan fingerprint density at radius 3 is 1.25 bits per heavy atom. The third-order valence-electron chi connectivity index (χ3n) is 0. The molecule has 19 valence electrons. The summed E-state index contributed by atoms with van der Waals surface area (Å²) in [6.07, 6.45) is 0. The van der Waals surface area contributed by atoms with Crippen LogP contribution in [0.4, 0.5) is 0 Å². The van der Waals surface area contributed by atoms with E-state index in [2.05, 4.69) is 0 Å². The Hall–Kier alpha value is 0.938. The first-order valence-electron chi connectivity index (χ1n) is 0.365. The number of hydrogen-bond acceptors (Lipinski definition) is 2. The predicted octanol–water partition coefficient (Wildman–Crippen LogP) is -0.889. The van der Waals surface area contributed by atoms with Gasteiger partial charge in [-0.1, -0.05) is 0 Å². The molecular weight excluding hydrogens is 132 g/mol. The second-order valence-electron chi connectivity index (χ2n) is 0.0745. The minimum atomic E-state index is -2.15. The van der Waals surface area contributed by atoms with Crippen molar-refractivity contribution in [1.82, 2.24) is 0 Å². The van der Waals surface area contributed by atoms with Gasteiger partial charge in [0.05, 0.1) is 0 Å². The third-order valence-corrected chi connectivity index (χ3v) is 0. The summed E-state index contributed by atoms with van der Waals surface area (Å²) in [7, 11) is 0. The normalized spacial score (nSPS) is 2.00. The van der Waals surface area contributed by atoms with Gasteiger partial charge in [0, 0.05) is 0 Å². The summed E-state index contributed by atoms with van der Waals surface area (Å²) in [5, 5.41) is 0. The molecule has 0 radical (unpaired) electrons. The van der Waals surface area contributed by atoms with Crippen molar-refractivity contribution in [3.05, 3.63) is 0 Å². The van der Waals surface area contributed by atoms with E-state index >= 15 is 0 Å². The molecule has 2 nitrogen and oxygen atoms in total. The molecule has 0 fully saturated rings. The number of rotatable bonds is 0. The van der Waals surface area contributed by atoms with Crippen molar-refractivity contribution in [3.8, 4) is 0 Å². The molecule has 0 saturated heterocycles. The Morgan fingerprint density at radius 2 is 1.25 bits per heavy atom. The first-order chi connectivity index (χ1) is 1.41. The molecule has 0 aromatic carbocycles. The topological polar surface area (TPSA) is 34.1 Å². The Balaban J connectivity index is 0. The van der Waals surface area contributed by atoms with Crippen LogP contribution in [0.1, 0.15) is 0 Å². The van der Waals surface area contributed by atoms with E-state index in [4.69, 9.17) is 6.50 Å². The molecule has 0 aliphatic carbocycles. The van der Waals surface area contributed by atoms with E-state index in [1.165, 1.54) is 0 Å². The van der Waals surface area contributed by atoms with Gasteiger partial charge in [-0.2, -0.15) is 0 Å². The van der Waals surface area contributed by atoms with E-state index in [0.717, 1.165) is 0 Å². The Bertz CT molecular complexity index is 27.0. The van der Waals surface area contributed by atoms with Crippen LogP contribution in [0.5, 0.6) is 0 Å². The average Bonchev–Trinajstić information content (AvgIpc) is 0.918. The van der Waals surface area contributed by atoms with Crippen molar-refractivity contribution in [1.29, 1.82) is 0 Å². The van der Waals surface area contributed by atoms with Gasteiger partial charge in [0.1, 0.15) is 0 Å². The summed E-state index contributed by atoms with van der Waals surface area (Å²) in [4.78, 5) is 0. The third kappa shape index (κ3) is 12.5. The molecule has 0 atom stereocenters. The first-order valence-corrected chi connectivity index (χ1v) is 2.16. The molecule has 0 aliphatic heterocycles. The van der Waals surface area contributed by atoms with Crippen LogP contribution in [0.15, 0.2) is 0 Å². The zero-order valence-corrected chi connectivity index (χ0v) is 3.46. The molecular formula is HLiNbO2. The SMILES string of the molecule is [LiH].[O]=[Nb]=[O]. The van der Waals surface area contributed by atoms with Crippen LogP contribution in [0.25, 0.3) is 0 Å². The molecule has 0 aliphatic rings. The average molecular weight is 133 g/mol. The van der Waals surface area contributed by atoms with Gasteiger partial charge in [-0.25, -0.2) is 0 Å². The molecule has 4 heteroatoms. The first kappa shape index (κ1) is 8.87. The van der Waals surface area contributed by atoms with Crippen molar-refractivity contribution in [2.45, 2.75) is 0 Å². The second kappa shape index (κ2) is 9.05. The molecule has 0 aromatic rings. The van der Waals surface area contributed by atoms with Crippen molar-refractivity contribution in [2.75, 3.05) is 0 Å². The summed E-state index contributed by atoms with van der Waals surface area (Å²) in [6.45, 7) is 0. The fourth-order valence-corrected chi connectivity index (χ4v) is 0. The minimum absolute atomic E-state index is 0. The summed E-state index contributed by atoms with van der Waals surface area (Å²) in [5.41, 5.74) is 0. The van der Waals surface area contributed by atoms with E-state index in [1.807, 2.05) is 0 Å². The van der Waals surface area contributed by atoms with Crippen molar-refractivity contribution < 1.29 is 26.2 Å². The monoisotopic (exact) mass is 133 g/mol. The quantitative estimate of drug-likeness (QED) is 0.401. The molecule has 0 unspecified atom stereocenters. The zero-order valence-electron chi connectivity index (χ0n) is 1.26. The molecule has 4 heavy (non-hydrogen) atoms. The van der Waals surface area contributed by atoms with Crippen molar-refractivity contribution in [3.63, 3.8) is 0 Å². The molecule has 0 spiro atoms. The fourth-order valence-electron chi connectivity index (χ4n) is 0. The van der Waals surface area contributed by atoms with E-state index in [-0.39, 0.29) is 18.9 Å². The Labute approximate surface area is 45.1 Å². The van der Waals surface area contributed by atoms with E-state index < -0.39 is 19.7 Å². The van der Waals surface area contributed by atoms with Gasteiger partial charge in [0.15, 0.2) is 0 Å². The van der Waals surface area contributed by atoms with Crippen molar-refractivity contribution >= 4 is 18.9 Å². The van der Waals surface area contributed by atoms with Crippen LogP contribution in [-0.2, 0) is 26.2 Å². The molecule has 0 N–H and O–H groups in total. The summed E-state index contributed by atoms with van der Waals surface area (Å²) >= 11 is -2.15. The molecule has 0 rings (SSSR count). The standard InChI is InChI=1S/Li.Nb.2O.H. The van der Waals surface area contributed by atoms with Gasteiger partial charge in [0.25, 0.3) is 0 Å². The van der Waals surface area contributed by atoms with Gasteiger partial charge >= 0.3 is 45.1 Å². The summed E-state index contributed by atoms with van der Waals surface area (Å²) < 4.78 is 17.0. The zero-order chi connectivity index (χ0) is 2.71. The second-order valence-corrected chi connectivity index (χ2v) is 0.441. The van der Waals surface area contributed by atoms with Crippen LogP contribution in [0.2, 0.25) is 0 Å². The van der Waals surface area contributed by atoms with Gasteiger partial charge < -0.3 is 0 Å². The van der Waals surface area contributed by atoms with Gasteiger partial charge in [-0.15, -0.1) is 0 Å². The molecule has 0 aromatic heterocycles. The van der Waals surface area contributed by atoms with E-state index in [9.17, 15) is 0 Å². The Morgan fingerprint density at radius 1 is 1.25 bits per heavy atom. The van der Waals surface area contributed by atoms with Crippen LogP contribution in [-0.4, -0.2) is 18.9 Å². The van der Waals surface area contributed by atoms with Gasteiger partial charge in [-0.3, -0.25) is 0 Å². The van der Waals surface area contributed by atoms with E-state index in [1.54, 1.807) is 0 Å². The Kier molecular flexibility index (Phi) is 20.1. The maximum absolute atomic E-state index is 8.52. The van der Waals surface area contributed by atoms with Crippen LogP contribution >= 0.6 is 0 Å². The van der Waals surface area contributed by atoms with Gasteiger partial charge in [-0.05, 0) is 0 Å². The predicted molar refractivity (Wildman–Crippen MR) is 8.52 cm³/mol. The molecule has 0 heterocycles. The summed E-state index contributed by atoms with van der Waals surface area (Å²) in [5.74, 6) is 0. The molecule has 0 amide bonds. The van der Waals surface area contributed by atoms with Gasteiger partial charge in [0.2, 0.25) is 0 Å². The number of hydrogen-bond donors (Lipinski definition) is 0. The van der Waals surface area contributed by atoms with E-state index in [0.29, 0.717) is 0 Å². The maximum atomic E-state index is 8.52. The van der Waals surface area contributed by atoms with Crippen LogP contribution in [0.3, 0.4) is 0 Å². The van der Waals surface area contributed by atoms with Crippen LogP contribution < -0.4 is 0 Å². The van der Waals surface area contributed by atoms with Crippen LogP contribution in [0, 0.1) is 0 Å². The molecule has 0 bridgehead atoms. The summed E-state index contributed by atoms with van der Waals surface area (Å²) in [6, 6.07) is 0. The fraction of sp³-hybridized carbons (Fsp3) is 0. The molecule has 0 saturated carbocycles.